The monoisotopic (exact) mass is 1510 g/mol. The molecule has 12 rings (SSSR count). The summed E-state index contributed by atoms with van der Waals surface area (Å²) in [4.78, 5) is 15.4. The zero-order valence-electron chi connectivity index (χ0n) is 60.3. The van der Waals surface area contributed by atoms with Crippen LogP contribution in [0.25, 0.3) is 0 Å². The van der Waals surface area contributed by atoms with E-state index in [4.69, 9.17) is 66.3 Å². The predicted octanol–water partition coefficient (Wildman–Crippen LogP) is -6.26. The largest absolute Gasteiger partial charge is 0.432 e. The van der Waals surface area contributed by atoms with Gasteiger partial charge in [0, 0.05) is 5.41 Å². The molecule has 7 heterocycles. The molecule has 0 radical (unpaired) electrons. The maximum atomic E-state index is 15.4. The van der Waals surface area contributed by atoms with Gasteiger partial charge in [0.2, 0.25) is 6.29 Å². The number of aliphatic hydroxyl groups is 20. The first-order valence-electron chi connectivity index (χ1n) is 37.1. The van der Waals surface area contributed by atoms with E-state index in [9.17, 15) is 102 Å². The molecule has 35 heteroatoms. The van der Waals surface area contributed by atoms with Gasteiger partial charge in [-0.05, 0) is 117 Å². The Morgan fingerprint density at radius 1 is 0.448 bits per heavy atom. The second kappa shape index (κ2) is 31.3. The molecule has 12 aliphatic rings. The molecule has 0 bridgehead atoms. The number of ether oxygens (including phenoxy) is 14. The van der Waals surface area contributed by atoms with Crippen molar-refractivity contribution in [2.24, 2.45) is 50.2 Å². The SMILES string of the molecule is C[C@@H]1O[C@@H](O[C@H]2[C@H](O)[C@@H](O)[C@H](O[C@H]3[C@H](O)[C@@H](O)[C@H](OC(=O)[C@]45CCC(C)(C)C[C@H]4C4=CC[C@@H]6[C@@]7(C)CC[C@H](O[C@@H]8OC[C@H](O)[C@H](O)[C@H]8O[C@@H]8O[C@@H](C)[C@H](O)[C@@H](O[C@@H]9OC[C@@H](O[C@@H]%10O[C@H](CO)[C@@H](O)[C@H](O)[C@H]%10O)[C@@H](O)[C@H]9O)[C@H]8O)[C@@](C)(CO)[C@@H]7CC[C@@]6(C)[C@]4(C)CC5)O[C@@H]3CO)O[C@@H]2CO)[C@H](O)[C@H](O)[C@H]1O. The topological polar surface area (TPSA) is 551 Å². The fourth-order valence-corrected chi connectivity index (χ4v) is 20.3. The molecule has 0 aromatic heterocycles. The molecular formula is C70H114O35. The van der Waals surface area contributed by atoms with Crippen molar-refractivity contribution in [2.75, 3.05) is 39.6 Å². The summed E-state index contributed by atoms with van der Waals surface area (Å²) in [5, 5.41) is 219. The Bertz CT molecular complexity index is 2970. The molecular weight excluding hydrogens is 1400 g/mol. The van der Waals surface area contributed by atoms with Gasteiger partial charge in [0.25, 0.3) is 0 Å². The molecule has 20 N–H and O–H groups in total. The van der Waals surface area contributed by atoms with Gasteiger partial charge in [0.05, 0.1) is 63.4 Å². The minimum absolute atomic E-state index is 0.0388. The van der Waals surface area contributed by atoms with Crippen LogP contribution in [0, 0.1) is 50.2 Å². The van der Waals surface area contributed by atoms with E-state index in [1.807, 2.05) is 6.92 Å². The van der Waals surface area contributed by atoms with Crippen LogP contribution < -0.4 is 0 Å². The maximum absolute atomic E-state index is 15.4. The summed E-state index contributed by atoms with van der Waals surface area (Å²) in [6, 6.07) is 0. The van der Waals surface area contributed by atoms with Crippen molar-refractivity contribution in [3.05, 3.63) is 11.6 Å². The lowest BCUT2D eigenvalue weighted by atomic mass is 9.33. The number of fused-ring (bicyclic) bond motifs is 7. The number of hydrogen-bond acceptors (Lipinski definition) is 35. The number of hydrogen-bond donors (Lipinski definition) is 20. The third-order valence-electron chi connectivity index (χ3n) is 27.1. The quantitative estimate of drug-likeness (QED) is 0.0345. The molecule has 604 valence electrons. The Labute approximate surface area is 607 Å². The average molecular weight is 1520 g/mol. The van der Waals surface area contributed by atoms with Crippen molar-refractivity contribution in [3.63, 3.8) is 0 Å². The third-order valence-corrected chi connectivity index (χ3v) is 27.1. The highest BCUT2D eigenvalue weighted by atomic mass is 16.8. The first-order valence-corrected chi connectivity index (χ1v) is 37.1. The predicted molar refractivity (Wildman–Crippen MR) is 347 cm³/mol. The Kier molecular flexibility index (Phi) is 24.6. The highest BCUT2D eigenvalue weighted by Gasteiger charge is 2.71. The van der Waals surface area contributed by atoms with Crippen LogP contribution in [0.4, 0.5) is 0 Å². The summed E-state index contributed by atoms with van der Waals surface area (Å²) in [7, 11) is 0. The summed E-state index contributed by atoms with van der Waals surface area (Å²) in [6.07, 6.45) is -48.1. The summed E-state index contributed by atoms with van der Waals surface area (Å²) < 4.78 is 83.1. The van der Waals surface area contributed by atoms with Crippen LogP contribution in [0.2, 0.25) is 0 Å². The highest BCUT2D eigenvalue weighted by molar-refractivity contribution is 5.79. The van der Waals surface area contributed by atoms with Crippen molar-refractivity contribution >= 4 is 5.97 Å². The van der Waals surface area contributed by atoms with Gasteiger partial charge in [-0.15, -0.1) is 0 Å². The van der Waals surface area contributed by atoms with Gasteiger partial charge in [0.15, 0.2) is 37.7 Å². The van der Waals surface area contributed by atoms with Gasteiger partial charge < -0.3 is 168 Å². The molecule has 105 heavy (non-hydrogen) atoms. The lowest BCUT2D eigenvalue weighted by molar-refractivity contribution is -0.383. The van der Waals surface area contributed by atoms with E-state index in [0.717, 1.165) is 5.57 Å². The van der Waals surface area contributed by atoms with Gasteiger partial charge in [-0.2, -0.15) is 0 Å². The van der Waals surface area contributed by atoms with Crippen LogP contribution >= 0.6 is 0 Å². The molecule has 0 aromatic carbocycles. The van der Waals surface area contributed by atoms with Crippen LogP contribution in [0.5, 0.6) is 0 Å². The lowest BCUT2D eigenvalue weighted by Crippen LogP contribution is -2.67. The number of aliphatic hydroxyl groups excluding tert-OH is 20. The summed E-state index contributed by atoms with van der Waals surface area (Å²) in [6.45, 7) is 12.3. The van der Waals surface area contributed by atoms with Gasteiger partial charge in [0.1, 0.15) is 146 Å². The van der Waals surface area contributed by atoms with E-state index >= 15 is 4.79 Å². The van der Waals surface area contributed by atoms with E-state index < -0.39 is 270 Å². The van der Waals surface area contributed by atoms with Crippen molar-refractivity contribution < 1.29 is 173 Å². The summed E-state index contributed by atoms with van der Waals surface area (Å²) in [5.74, 6) is -1.13. The summed E-state index contributed by atoms with van der Waals surface area (Å²) in [5.41, 5.74) is -2.45. The molecule has 35 nitrogen and oxygen atoms in total. The number of rotatable bonds is 18. The van der Waals surface area contributed by atoms with E-state index in [-0.39, 0.29) is 35.2 Å². The van der Waals surface area contributed by atoms with Crippen molar-refractivity contribution in [3.8, 4) is 0 Å². The molecule has 0 aromatic rings. The molecule has 4 saturated carbocycles. The molecule has 0 amide bonds. The zero-order chi connectivity index (χ0) is 76.4. The lowest BCUT2D eigenvalue weighted by Gasteiger charge is -2.71. The van der Waals surface area contributed by atoms with E-state index in [1.165, 1.54) is 13.8 Å². The fourth-order valence-electron chi connectivity index (χ4n) is 20.3. The van der Waals surface area contributed by atoms with E-state index in [1.54, 1.807) is 0 Å². The highest BCUT2D eigenvalue weighted by Crippen LogP contribution is 2.76. The summed E-state index contributed by atoms with van der Waals surface area (Å²) >= 11 is 0. The second-order valence-corrected chi connectivity index (χ2v) is 33.6. The maximum Gasteiger partial charge on any atom is 0.315 e. The Hall–Kier alpha value is -2.11. The normalized spacial score (nSPS) is 55.2. The molecule has 11 fully saturated rings. The Morgan fingerprint density at radius 2 is 0.962 bits per heavy atom. The van der Waals surface area contributed by atoms with Gasteiger partial charge in [-0.25, -0.2) is 0 Å². The van der Waals surface area contributed by atoms with Crippen LogP contribution in [0.3, 0.4) is 0 Å². The van der Waals surface area contributed by atoms with Crippen molar-refractivity contribution in [1.29, 1.82) is 0 Å². The second-order valence-electron chi connectivity index (χ2n) is 33.6. The molecule has 42 atom stereocenters. The average Bonchev–Trinajstić information content (AvgIpc) is 0.674. The Balaban J connectivity index is 0.705. The van der Waals surface area contributed by atoms with Gasteiger partial charge in [-0.3, -0.25) is 4.79 Å². The number of carbonyl (C=O) groups excluding carboxylic acids is 1. The van der Waals surface area contributed by atoms with Crippen LogP contribution in [0.15, 0.2) is 11.6 Å². The molecule has 0 spiro atoms. The minimum atomic E-state index is -2.00. The van der Waals surface area contributed by atoms with Gasteiger partial charge >= 0.3 is 5.97 Å². The fraction of sp³-hybridized carbons (Fsp3) is 0.957. The number of esters is 1. The Morgan fingerprint density at radius 3 is 1.59 bits per heavy atom. The van der Waals surface area contributed by atoms with Gasteiger partial charge in [-0.1, -0.05) is 53.2 Å². The smallest absolute Gasteiger partial charge is 0.315 e. The van der Waals surface area contributed by atoms with Crippen LogP contribution in [0.1, 0.15) is 120 Å². The standard InChI is InChI=1S/C70H114O35/c1-26-38(76)43(81)48(86)58(94-26)101-53-32(21-72)97-60(50(88)45(53)83)102-54-33(22-73)98-61(51(89)46(54)84)105-64(91)70-17-15-65(3,4)19-29(70)28-9-10-36-66(5)13-12-37(67(6,25-74)35(66)11-14-69(36,8)68(28,7)16-18-70)100-63-56(40(78)30(75)23-92-63)104-62-52(90)55(39(77)27(2)95-62)103-57-47(85)42(80)34(24-93-57)99-59-49(87)44(82)41(79)31(20-71)96-59/h9,26-27,29-63,71-90H,10-25H2,1-8H3/t26-,27-,29-,30-,31+,32+,33+,34+,35+,36+,37-,38-,39-,40-,41+,42+,43+,44-,45+,46+,47+,48+,49+,50+,51+,52+,53+,54+,55+,56+,57-,58-,59-,60-,61-,62-,63-,66-,67-,68+,69+,70-/m0/s1. The van der Waals surface area contributed by atoms with E-state index in [0.29, 0.717) is 64.2 Å². The molecule has 7 aliphatic heterocycles. The molecule has 7 saturated heterocycles. The first-order chi connectivity index (χ1) is 49.4. The zero-order valence-corrected chi connectivity index (χ0v) is 60.3. The van der Waals surface area contributed by atoms with Crippen molar-refractivity contribution in [2.45, 2.75) is 328 Å². The van der Waals surface area contributed by atoms with Crippen LogP contribution in [-0.2, 0) is 71.1 Å². The first kappa shape index (κ1) is 82.4. The molecule has 0 unspecified atom stereocenters. The van der Waals surface area contributed by atoms with Crippen LogP contribution in [-0.4, -0.2) is 357 Å². The number of carbonyl (C=O) groups is 1. The van der Waals surface area contributed by atoms with E-state index in [2.05, 4.69) is 40.7 Å². The third kappa shape index (κ3) is 14.4. The van der Waals surface area contributed by atoms with Crippen molar-refractivity contribution in [1.82, 2.24) is 0 Å². The molecule has 5 aliphatic carbocycles. The minimum Gasteiger partial charge on any atom is -0.432 e. The number of allylic oxidation sites excluding steroid dienone is 2.